The largest absolute Gasteiger partial charge is 0.371 e. The van der Waals surface area contributed by atoms with E-state index in [4.69, 9.17) is 0 Å². The summed E-state index contributed by atoms with van der Waals surface area (Å²) in [5, 5.41) is 3.01. The van der Waals surface area contributed by atoms with E-state index in [-0.39, 0.29) is 12.1 Å². The first kappa shape index (κ1) is 21.2. The first-order valence-electron chi connectivity index (χ1n) is 10.8. The number of nitrogens with zero attached hydrogens (tertiary/aromatic N) is 3. The lowest BCUT2D eigenvalue weighted by Crippen LogP contribution is -2.36. The average Bonchev–Trinajstić information content (AvgIpc) is 2.74. The lowest BCUT2D eigenvalue weighted by Gasteiger charge is -2.34. The maximum absolute atomic E-state index is 11.9. The van der Waals surface area contributed by atoms with E-state index in [0.717, 1.165) is 44.3 Å². The molecule has 156 valence electrons. The lowest BCUT2D eigenvalue weighted by atomic mass is 9.88. The number of benzene rings is 1. The number of anilines is 1. The van der Waals surface area contributed by atoms with Gasteiger partial charge in [0.15, 0.2) is 0 Å². The normalized spacial score (nSPS) is 15.8. The second-order valence-electron chi connectivity index (χ2n) is 8.25. The van der Waals surface area contributed by atoms with Crippen LogP contribution in [0.1, 0.15) is 61.9 Å². The van der Waals surface area contributed by atoms with Crippen LogP contribution in [0.15, 0.2) is 42.6 Å². The monoisotopic (exact) mass is 394 g/mol. The molecular formula is C24H34N4O. The van der Waals surface area contributed by atoms with Gasteiger partial charge in [0.1, 0.15) is 0 Å². The number of carbonyl (C=O) groups excluding carboxylic acids is 1. The fourth-order valence-electron chi connectivity index (χ4n) is 3.98. The molecule has 0 bridgehead atoms. The van der Waals surface area contributed by atoms with Gasteiger partial charge in [-0.3, -0.25) is 4.98 Å². The second kappa shape index (κ2) is 9.77. The van der Waals surface area contributed by atoms with Crippen LogP contribution in [0.25, 0.3) is 0 Å². The number of hydrogen-bond acceptors (Lipinski definition) is 3. The fraction of sp³-hybridized carbons (Fsp3) is 0.500. The summed E-state index contributed by atoms with van der Waals surface area (Å²) in [7, 11) is 3.52. The van der Waals surface area contributed by atoms with Crippen molar-refractivity contribution in [2.45, 2.75) is 51.5 Å². The standard InChI is InChI=1S/C24H34N4O/c1-5-6-22-17-23(11-14-25-22)28-15-12-21(13-16-28)20-9-7-19(8-10-20)18(2)26-24(29)27(3)4/h7-11,14,17-18,21H,5-6,12-13,15-16H2,1-4H3,(H,26,29)/t18-/m0/s1. The predicted octanol–water partition coefficient (Wildman–Crippen LogP) is 4.75. The molecule has 1 aromatic heterocycles. The van der Waals surface area contributed by atoms with Crippen LogP contribution in [0, 0.1) is 0 Å². The summed E-state index contributed by atoms with van der Waals surface area (Å²) in [6.45, 7) is 6.38. The van der Waals surface area contributed by atoms with Crippen molar-refractivity contribution in [3.63, 3.8) is 0 Å². The Hall–Kier alpha value is -2.56. The number of rotatable bonds is 6. The summed E-state index contributed by atoms with van der Waals surface area (Å²) in [6, 6.07) is 13.1. The van der Waals surface area contributed by atoms with Crippen molar-refractivity contribution >= 4 is 11.7 Å². The van der Waals surface area contributed by atoms with Crippen molar-refractivity contribution in [3.8, 4) is 0 Å². The minimum atomic E-state index is -0.0628. The molecule has 1 atom stereocenters. The van der Waals surface area contributed by atoms with E-state index >= 15 is 0 Å². The molecule has 2 heterocycles. The lowest BCUT2D eigenvalue weighted by molar-refractivity contribution is 0.214. The Morgan fingerprint density at radius 3 is 2.52 bits per heavy atom. The maximum Gasteiger partial charge on any atom is 0.317 e. The van der Waals surface area contributed by atoms with Crippen LogP contribution >= 0.6 is 0 Å². The number of aromatic nitrogens is 1. The van der Waals surface area contributed by atoms with E-state index in [1.807, 2.05) is 13.1 Å². The third-order valence-electron chi connectivity index (χ3n) is 5.82. The van der Waals surface area contributed by atoms with Crippen molar-refractivity contribution in [1.82, 2.24) is 15.2 Å². The second-order valence-corrected chi connectivity index (χ2v) is 8.25. The summed E-state index contributed by atoms with van der Waals surface area (Å²) in [5.41, 5.74) is 5.04. The molecule has 3 rings (SSSR count). The summed E-state index contributed by atoms with van der Waals surface area (Å²) < 4.78 is 0. The van der Waals surface area contributed by atoms with Crippen molar-refractivity contribution < 1.29 is 4.79 Å². The van der Waals surface area contributed by atoms with E-state index in [1.54, 1.807) is 19.0 Å². The van der Waals surface area contributed by atoms with Gasteiger partial charge in [0.2, 0.25) is 0 Å². The highest BCUT2D eigenvalue weighted by atomic mass is 16.2. The zero-order valence-corrected chi connectivity index (χ0v) is 18.2. The van der Waals surface area contributed by atoms with E-state index in [2.05, 4.69) is 58.5 Å². The molecule has 1 fully saturated rings. The highest BCUT2D eigenvalue weighted by molar-refractivity contribution is 5.74. The number of amides is 2. The summed E-state index contributed by atoms with van der Waals surface area (Å²) in [5.74, 6) is 0.601. The van der Waals surface area contributed by atoms with Crippen molar-refractivity contribution in [1.29, 1.82) is 0 Å². The van der Waals surface area contributed by atoms with Crippen LogP contribution in [0.2, 0.25) is 0 Å². The Labute approximate surface area is 175 Å². The van der Waals surface area contributed by atoms with Crippen LogP contribution in [0.3, 0.4) is 0 Å². The minimum absolute atomic E-state index is 0.00445. The topological polar surface area (TPSA) is 48.5 Å². The van der Waals surface area contributed by atoms with Gasteiger partial charge in [-0.25, -0.2) is 4.79 Å². The molecule has 5 heteroatoms. The number of aryl methyl sites for hydroxylation is 1. The number of carbonyl (C=O) groups is 1. The van der Waals surface area contributed by atoms with Crippen LogP contribution in [-0.4, -0.2) is 43.1 Å². The number of piperidine rings is 1. The first-order valence-corrected chi connectivity index (χ1v) is 10.8. The number of nitrogens with one attached hydrogen (secondary N) is 1. The van der Waals surface area contributed by atoms with Gasteiger partial charge in [-0.05, 0) is 55.4 Å². The van der Waals surface area contributed by atoms with Gasteiger partial charge in [-0.2, -0.15) is 0 Å². The van der Waals surface area contributed by atoms with Gasteiger partial charge in [-0.1, -0.05) is 37.6 Å². The molecule has 0 aliphatic carbocycles. The number of urea groups is 1. The molecule has 1 aliphatic rings. The molecule has 2 aromatic rings. The summed E-state index contributed by atoms with van der Waals surface area (Å²) in [4.78, 5) is 20.4. The molecule has 1 aliphatic heterocycles. The third-order valence-corrected chi connectivity index (χ3v) is 5.82. The van der Waals surface area contributed by atoms with Gasteiger partial charge in [0, 0.05) is 44.8 Å². The minimum Gasteiger partial charge on any atom is -0.371 e. The Bertz CT molecular complexity index is 795. The Kier molecular flexibility index (Phi) is 7.13. The average molecular weight is 395 g/mol. The van der Waals surface area contributed by atoms with E-state index < -0.39 is 0 Å². The first-order chi connectivity index (χ1) is 14.0. The van der Waals surface area contributed by atoms with Crippen LogP contribution < -0.4 is 10.2 Å². The SMILES string of the molecule is CCCc1cc(N2CCC(c3ccc([C@H](C)NC(=O)N(C)C)cc3)CC2)ccn1. The Morgan fingerprint density at radius 2 is 1.90 bits per heavy atom. The molecule has 0 radical (unpaired) electrons. The fourth-order valence-corrected chi connectivity index (χ4v) is 3.98. The Morgan fingerprint density at radius 1 is 1.21 bits per heavy atom. The van der Waals surface area contributed by atoms with Crippen molar-refractivity contribution in [2.75, 3.05) is 32.1 Å². The molecule has 5 nitrogen and oxygen atoms in total. The molecule has 0 saturated carbocycles. The predicted molar refractivity (Wildman–Crippen MR) is 119 cm³/mol. The molecule has 1 saturated heterocycles. The van der Waals surface area contributed by atoms with Crippen LogP contribution in [0.4, 0.5) is 10.5 Å². The van der Waals surface area contributed by atoms with Gasteiger partial charge < -0.3 is 15.1 Å². The van der Waals surface area contributed by atoms with Crippen LogP contribution in [0.5, 0.6) is 0 Å². The number of hydrogen-bond donors (Lipinski definition) is 1. The van der Waals surface area contributed by atoms with Crippen molar-refractivity contribution in [3.05, 3.63) is 59.4 Å². The molecular weight excluding hydrogens is 360 g/mol. The highest BCUT2D eigenvalue weighted by Crippen LogP contribution is 2.31. The summed E-state index contributed by atoms with van der Waals surface area (Å²) in [6.07, 6.45) is 6.45. The smallest absolute Gasteiger partial charge is 0.317 e. The van der Waals surface area contributed by atoms with Gasteiger partial charge in [0.05, 0.1) is 6.04 Å². The highest BCUT2D eigenvalue weighted by Gasteiger charge is 2.21. The summed E-state index contributed by atoms with van der Waals surface area (Å²) >= 11 is 0. The zero-order chi connectivity index (χ0) is 20.8. The molecule has 29 heavy (non-hydrogen) atoms. The van der Waals surface area contributed by atoms with Crippen LogP contribution in [-0.2, 0) is 6.42 Å². The Balaban J connectivity index is 1.57. The molecule has 2 amide bonds. The van der Waals surface area contributed by atoms with Crippen molar-refractivity contribution in [2.24, 2.45) is 0 Å². The zero-order valence-electron chi connectivity index (χ0n) is 18.2. The number of pyridine rings is 1. The van der Waals surface area contributed by atoms with E-state index in [1.165, 1.54) is 16.9 Å². The van der Waals surface area contributed by atoms with E-state index in [0.29, 0.717) is 5.92 Å². The third kappa shape index (κ3) is 5.49. The quantitative estimate of drug-likeness (QED) is 0.769. The molecule has 1 aromatic carbocycles. The molecule has 1 N–H and O–H groups in total. The van der Waals surface area contributed by atoms with Gasteiger partial charge >= 0.3 is 6.03 Å². The maximum atomic E-state index is 11.9. The van der Waals surface area contributed by atoms with Gasteiger partial charge in [-0.15, -0.1) is 0 Å². The van der Waals surface area contributed by atoms with E-state index in [9.17, 15) is 4.79 Å². The molecule has 0 unspecified atom stereocenters. The molecule has 0 spiro atoms. The van der Waals surface area contributed by atoms with Gasteiger partial charge in [0.25, 0.3) is 0 Å².